The van der Waals surface area contributed by atoms with Gasteiger partial charge in [0.25, 0.3) is 0 Å². The molecule has 0 heterocycles. The van der Waals surface area contributed by atoms with E-state index in [9.17, 15) is 8.78 Å². The van der Waals surface area contributed by atoms with Crippen LogP contribution in [0.5, 0.6) is 0 Å². The summed E-state index contributed by atoms with van der Waals surface area (Å²) in [4.78, 5) is 0. The van der Waals surface area contributed by atoms with E-state index in [-0.39, 0.29) is 6.54 Å². The van der Waals surface area contributed by atoms with E-state index in [4.69, 9.17) is 5.73 Å². The van der Waals surface area contributed by atoms with Gasteiger partial charge >= 0.3 is 0 Å². The molecule has 1 nitrogen and oxygen atoms in total. The van der Waals surface area contributed by atoms with E-state index >= 15 is 0 Å². The number of rotatable bonds is 4. The van der Waals surface area contributed by atoms with Crippen molar-refractivity contribution in [2.24, 2.45) is 11.1 Å². The normalized spacial score (nSPS) is 12.6. The van der Waals surface area contributed by atoms with Crippen LogP contribution in [0.25, 0.3) is 0 Å². The van der Waals surface area contributed by atoms with Crippen molar-refractivity contribution < 1.29 is 8.78 Å². The zero-order valence-corrected chi connectivity index (χ0v) is 6.53. The van der Waals surface area contributed by atoms with Crippen LogP contribution in [-0.2, 0) is 0 Å². The monoisotopic (exact) mass is 151 g/mol. The predicted octanol–water partition coefficient (Wildman–Crippen LogP) is 2.02. The summed E-state index contributed by atoms with van der Waals surface area (Å²) in [5, 5.41) is 0. The van der Waals surface area contributed by atoms with Crippen LogP contribution in [0.15, 0.2) is 0 Å². The Morgan fingerprint density at radius 2 is 1.70 bits per heavy atom. The smallest absolute Gasteiger partial charge is 0.245 e. The minimum Gasteiger partial charge on any atom is -0.330 e. The van der Waals surface area contributed by atoms with Crippen molar-refractivity contribution in [2.75, 3.05) is 6.54 Å². The molecule has 0 aromatic carbocycles. The molecule has 0 aliphatic rings. The third-order valence-electron chi connectivity index (χ3n) is 2.28. The van der Waals surface area contributed by atoms with Gasteiger partial charge in [-0.3, -0.25) is 0 Å². The fourth-order valence-electron chi connectivity index (χ4n) is 0.936. The minimum atomic E-state index is -2.28. The molecule has 0 aliphatic carbocycles. The van der Waals surface area contributed by atoms with Crippen molar-refractivity contribution in [2.45, 2.75) is 33.1 Å². The summed E-state index contributed by atoms with van der Waals surface area (Å²) < 4.78 is 24.6. The van der Waals surface area contributed by atoms with Gasteiger partial charge < -0.3 is 5.73 Å². The molecular formula is C7H15F2N. The second-order valence-electron chi connectivity index (χ2n) is 2.57. The van der Waals surface area contributed by atoms with Crippen LogP contribution in [0.4, 0.5) is 8.78 Å². The van der Waals surface area contributed by atoms with Gasteiger partial charge in [-0.25, -0.2) is 8.78 Å². The van der Waals surface area contributed by atoms with E-state index in [0.29, 0.717) is 12.8 Å². The number of halogens is 2. The second kappa shape index (κ2) is 3.86. The Morgan fingerprint density at radius 3 is 1.70 bits per heavy atom. The van der Waals surface area contributed by atoms with E-state index in [1.165, 1.54) is 0 Å². The fourth-order valence-corrected chi connectivity index (χ4v) is 0.936. The van der Waals surface area contributed by atoms with E-state index in [0.717, 1.165) is 0 Å². The zero-order chi connectivity index (χ0) is 8.20. The topological polar surface area (TPSA) is 26.0 Å². The second-order valence-corrected chi connectivity index (χ2v) is 2.57. The highest BCUT2D eigenvalue weighted by Gasteiger charge is 2.34. The molecule has 62 valence electrons. The van der Waals surface area contributed by atoms with Crippen molar-refractivity contribution in [1.82, 2.24) is 0 Å². The molecule has 0 rings (SSSR count). The Balaban J connectivity index is 4.15. The third-order valence-corrected chi connectivity index (χ3v) is 2.28. The number of hydrogen-bond acceptors (Lipinski definition) is 1. The largest absolute Gasteiger partial charge is 0.330 e. The first-order chi connectivity index (χ1) is 4.63. The highest BCUT2D eigenvalue weighted by Crippen LogP contribution is 2.32. The summed E-state index contributed by atoms with van der Waals surface area (Å²) >= 11 is 0. The lowest BCUT2D eigenvalue weighted by Crippen LogP contribution is -2.36. The number of alkyl halides is 2. The molecule has 0 unspecified atom stereocenters. The Morgan fingerprint density at radius 1 is 1.30 bits per heavy atom. The summed E-state index contributed by atoms with van der Waals surface area (Å²) in [5.74, 6) is 0. The Bertz CT molecular complexity index is 81.3. The molecule has 0 bridgehead atoms. The maximum Gasteiger partial charge on any atom is 0.245 e. The standard InChI is InChI=1S/C7H15F2N/c1-3-7(4-2,5-10)6(8)9/h6H,3-5,10H2,1-2H3. The van der Waals surface area contributed by atoms with Gasteiger partial charge in [0.2, 0.25) is 6.43 Å². The predicted molar refractivity (Wildman–Crippen MR) is 38.1 cm³/mol. The summed E-state index contributed by atoms with van der Waals surface area (Å²) in [6.45, 7) is 3.59. The van der Waals surface area contributed by atoms with Crippen molar-refractivity contribution >= 4 is 0 Å². The van der Waals surface area contributed by atoms with Gasteiger partial charge in [0, 0.05) is 12.0 Å². The van der Waals surface area contributed by atoms with Gasteiger partial charge in [0.15, 0.2) is 0 Å². The van der Waals surface area contributed by atoms with Crippen molar-refractivity contribution in [1.29, 1.82) is 0 Å². The SMILES string of the molecule is CCC(CC)(CN)C(F)F. The molecule has 3 heteroatoms. The van der Waals surface area contributed by atoms with Gasteiger partial charge in [-0.05, 0) is 12.8 Å². The summed E-state index contributed by atoms with van der Waals surface area (Å²) in [5.41, 5.74) is 4.32. The quantitative estimate of drug-likeness (QED) is 0.653. The minimum absolute atomic E-state index is 0.0810. The van der Waals surface area contributed by atoms with Crippen molar-refractivity contribution in [3.05, 3.63) is 0 Å². The molecule has 0 fully saturated rings. The molecule has 2 N–H and O–H groups in total. The first-order valence-corrected chi connectivity index (χ1v) is 3.61. The highest BCUT2D eigenvalue weighted by molar-refractivity contribution is 4.79. The third kappa shape index (κ3) is 1.66. The lowest BCUT2D eigenvalue weighted by molar-refractivity contribution is -0.00518. The Labute approximate surface area is 60.6 Å². The summed E-state index contributed by atoms with van der Waals surface area (Å²) in [6, 6.07) is 0. The summed E-state index contributed by atoms with van der Waals surface area (Å²) in [7, 11) is 0. The van der Waals surface area contributed by atoms with Crippen LogP contribution in [0.2, 0.25) is 0 Å². The first kappa shape index (κ1) is 9.82. The van der Waals surface area contributed by atoms with Crippen LogP contribution < -0.4 is 5.73 Å². The Kier molecular flexibility index (Phi) is 3.79. The molecule has 0 aliphatic heterocycles. The molecule has 0 amide bonds. The van der Waals surface area contributed by atoms with Crippen LogP contribution in [0, 0.1) is 5.41 Å². The van der Waals surface area contributed by atoms with Crippen molar-refractivity contribution in [3.63, 3.8) is 0 Å². The van der Waals surface area contributed by atoms with Crippen molar-refractivity contribution in [3.8, 4) is 0 Å². The molecule has 0 spiro atoms. The van der Waals surface area contributed by atoms with Crippen LogP contribution >= 0.6 is 0 Å². The first-order valence-electron chi connectivity index (χ1n) is 3.61. The molecule has 0 aromatic rings. The average molecular weight is 151 g/mol. The lowest BCUT2D eigenvalue weighted by Gasteiger charge is -2.28. The molecule has 0 saturated heterocycles. The van der Waals surface area contributed by atoms with E-state index in [1.807, 2.05) is 0 Å². The number of hydrogen-bond donors (Lipinski definition) is 1. The van der Waals surface area contributed by atoms with Crippen LogP contribution in [0.1, 0.15) is 26.7 Å². The molecule has 0 aromatic heterocycles. The fraction of sp³-hybridized carbons (Fsp3) is 1.00. The number of nitrogens with two attached hydrogens (primary N) is 1. The van der Waals surface area contributed by atoms with Gasteiger partial charge in [0.05, 0.1) is 0 Å². The van der Waals surface area contributed by atoms with Gasteiger partial charge in [-0.15, -0.1) is 0 Å². The molecule has 0 radical (unpaired) electrons. The van der Waals surface area contributed by atoms with Gasteiger partial charge in [-0.2, -0.15) is 0 Å². The molecular weight excluding hydrogens is 136 g/mol. The Hall–Kier alpha value is -0.180. The van der Waals surface area contributed by atoms with E-state index < -0.39 is 11.8 Å². The van der Waals surface area contributed by atoms with Crippen LogP contribution in [0.3, 0.4) is 0 Å². The van der Waals surface area contributed by atoms with Gasteiger partial charge in [0.1, 0.15) is 0 Å². The lowest BCUT2D eigenvalue weighted by atomic mass is 9.83. The molecule has 0 saturated carbocycles. The highest BCUT2D eigenvalue weighted by atomic mass is 19.3. The van der Waals surface area contributed by atoms with Gasteiger partial charge in [-0.1, -0.05) is 13.8 Å². The van der Waals surface area contributed by atoms with E-state index in [2.05, 4.69) is 0 Å². The zero-order valence-electron chi connectivity index (χ0n) is 6.53. The maximum atomic E-state index is 12.3. The molecule has 10 heavy (non-hydrogen) atoms. The molecule has 0 atom stereocenters. The maximum absolute atomic E-state index is 12.3. The van der Waals surface area contributed by atoms with E-state index in [1.54, 1.807) is 13.8 Å². The van der Waals surface area contributed by atoms with Crippen LogP contribution in [-0.4, -0.2) is 13.0 Å². The average Bonchev–Trinajstić information content (AvgIpc) is 1.92. The summed E-state index contributed by atoms with van der Waals surface area (Å²) in [6.07, 6.45) is -1.37.